The van der Waals surface area contributed by atoms with Gasteiger partial charge in [0.2, 0.25) is 0 Å². The first-order valence-electron chi connectivity index (χ1n) is 15.8. The molecule has 0 saturated heterocycles. The zero-order valence-corrected chi connectivity index (χ0v) is 27.8. The summed E-state index contributed by atoms with van der Waals surface area (Å²) in [6.07, 6.45) is 0. The summed E-state index contributed by atoms with van der Waals surface area (Å²) < 4.78 is 2.31. The van der Waals surface area contributed by atoms with Crippen LogP contribution in [0.4, 0.5) is 0 Å². The molecule has 8 rings (SSSR count). The van der Waals surface area contributed by atoms with E-state index in [0.29, 0.717) is 0 Å². The largest absolute Gasteiger partial charge is 0.273 e. The topological polar surface area (TPSA) is 30.2 Å². The van der Waals surface area contributed by atoms with Gasteiger partial charge < -0.3 is 0 Å². The molecule has 0 unspecified atom stereocenters. The van der Waals surface area contributed by atoms with Gasteiger partial charge in [-0.2, -0.15) is 0 Å². The van der Waals surface area contributed by atoms with Gasteiger partial charge in [0.25, 0.3) is 0 Å². The maximum Gasteiger partial charge on any atom is 0.186 e. The molecule has 5 heteroatoms. The Labute approximate surface area is 280 Å². The van der Waals surface area contributed by atoms with Gasteiger partial charge in [0.15, 0.2) is 18.2 Å². The molecule has 0 bridgehead atoms. The van der Waals surface area contributed by atoms with E-state index >= 15 is 0 Å². The summed E-state index contributed by atoms with van der Waals surface area (Å²) in [4.78, 5) is 11.2. The van der Waals surface area contributed by atoms with Crippen LogP contribution in [-0.4, -0.2) is 14.4 Å². The lowest BCUT2D eigenvalue weighted by atomic mass is 10.1. The van der Waals surface area contributed by atoms with Gasteiger partial charge in [-0.25, -0.2) is 9.97 Å². The van der Waals surface area contributed by atoms with Gasteiger partial charge in [0.05, 0.1) is 11.0 Å². The molecule has 0 aliphatic rings. The molecule has 2 heterocycles. The Kier molecular flexibility index (Phi) is 7.90. The zero-order chi connectivity index (χ0) is 31.6. The highest BCUT2D eigenvalue weighted by atomic mass is 32.2. The van der Waals surface area contributed by atoms with Crippen LogP contribution >= 0.6 is 19.0 Å². The highest BCUT2D eigenvalue weighted by Gasteiger charge is 2.52. The van der Waals surface area contributed by atoms with Crippen LogP contribution in [0, 0.1) is 6.92 Å². The summed E-state index contributed by atoms with van der Waals surface area (Å²) in [5.74, 6) is 1.70. The van der Waals surface area contributed by atoms with Crippen molar-refractivity contribution in [1.29, 1.82) is 0 Å². The Morgan fingerprint density at radius 1 is 0.553 bits per heavy atom. The first-order valence-corrected chi connectivity index (χ1v) is 18.6. The van der Waals surface area contributed by atoms with Crippen molar-refractivity contribution >= 4 is 56.9 Å². The molecule has 226 valence electrons. The number of hydrogen-bond acceptors (Lipinski definition) is 3. The third-order valence-electron chi connectivity index (χ3n) is 8.69. The van der Waals surface area contributed by atoms with Crippen molar-refractivity contribution in [2.24, 2.45) is 0 Å². The van der Waals surface area contributed by atoms with E-state index in [0.717, 1.165) is 38.8 Å². The van der Waals surface area contributed by atoms with Crippen molar-refractivity contribution in [1.82, 2.24) is 14.4 Å². The average molecular weight is 643 g/mol. The predicted molar refractivity (Wildman–Crippen MR) is 201 cm³/mol. The molecule has 3 nitrogen and oxygen atoms in total. The second-order valence-corrected chi connectivity index (χ2v) is 16.0. The normalized spacial score (nSPS) is 11.7. The van der Waals surface area contributed by atoms with Crippen LogP contribution in [0.5, 0.6) is 0 Å². The van der Waals surface area contributed by atoms with Gasteiger partial charge in [-0.15, -0.1) is 0 Å². The number of nitrogens with zero attached hydrogens (tertiary/aromatic N) is 3. The zero-order valence-electron chi connectivity index (χ0n) is 26.1. The van der Waals surface area contributed by atoms with Gasteiger partial charge >= 0.3 is 0 Å². The Morgan fingerprint density at radius 2 is 1.06 bits per heavy atom. The number of aryl methyl sites for hydroxylation is 1. The van der Waals surface area contributed by atoms with Crippen LogP contribution in [0.15, 0.2) is 175 Å². The lowest BCUT2D eigenvalue weighted by Crippen LogP contribution is -2.40. The van der Waals surface area contributed by atoms with Crippen molar-refractivity contribution in [2.75, 3.05) is 0 Å². The lowest BCUT2D eigenvalue weighted by molar-refractivity contribution is 1.05. The predicted octanol–water partition coefficient (Wildman–Crippen LogP) is 8.77. The van der Waals surface area contributed by atoms with Crippen molar-refractivity contribution < 1.29 is 0 Å². The molecule has 0 radical (unpaired) electrons. The van der Waals surface area contributed by atoms with E-state index in [2.05, 4.69) is 181 Å². The Hall–Kier alpha value is -5.02. The molecule has 0 fully saturated rings. The average Bonchev–Trinajstić information content (AvgIpc) is 3.53. The molecule has 0 spiro atoms. The third kappa shape index (κ3) is 5.24. The molecule has 47 heavy (non-hydrogen) atoms. The molecule has 0 N–H and O–H groups in total. The van der Waals surface area contributed by atoms with E-state index < -0.39 is 7.26 Å². The molecule has 6 aromatic carbocycles. The molecular formula is C42H33N3PS+. The number of aromatic nitrogens is 3. The van der Waals surface area contributed by atoms with Crippen molar-refractivity contribution in [3.8, 4) is 11.4 Å². The summed E-state index contributed by atoms with van der Waals surface area (Å²) in [5.41, 5.74) is 6.52. The first-order chi connectivity index (χ1) is 23.2. The van der Waals surface area contributed by atoms with Crippen LogP contribution in [-0.2, 0) is 5.75 Å². The molecule has 0 amide bonds. The number of para-hydroxylation sites is 2. The number of fused-ring (bicyclic) bond motifs is 3. The summed E-state index contributed by atoms with van der Waals surface area (Å²) in [6, 6.07) is 61.0. The molecule has 0 aliphatic carbocycles. The molecule has 2 aromatic heterocycles. The van der Waals surface area contributed by atoms with Crippen LogP contribution in [0.25, 0.3) is 28.1 Å². The Bertz CT molecular complexity index is 2190. The summed E-state index contributed by atoms with van der Waals surface area (Å²) in [5, 5.41) is 6.03. The standard InChI is InChI=1S/C42H33N3PS/c1-31-26-28-33(29-27-31)40-44-42(47-30-32-16-6-2-7-17-32)39(41-43-37-24-14-15-25-38(37)45(40)41)46(34-18-8-3-9-19-34,35-20-10-4-11-21-35)36-22-12-5-13-23-36/h2-29H,30H2,1H3/q+1. The van der Waals surface area contributed by atoms with Crippen molar-refractivity contribution in [3.05, 3.63) is 181 Å². The quantitative estimate of drug-likeness (QED) is 0.0943. The smallest absolute Gasteiger partial charge is 0.186 e. The minimum atomic E-state index is -2.55. The van der Waals surface area contributed by atoms with Gasteiger partial charge in [-0.05, 0) is 61.0 Å². The number of benzene rings is 6. The third-order valence-corrected chi connectivity index (χ3v) is 14.2. The fraction of sp³-hybridized carbons (Fsp3) is 0.0476. The monoisotopic (exact) mass is 642 g/mol. The van der Waals surface area contributed by atoms with E-state index in [1.165, 1.54) is 32.3 Å². The minimum absolute atomic E-state index is 0.795. The van der Waals surface area contributed by atoms with Gasteiger partial charge in [-0.1, -0.05) is 139 Å². The maximum absolute atomic E-state index is 5.69. The summed E-state index contributed by atoms with van der Waals surface area (Å²) in [7, 11) is -2.55. The van der Waals surface area contributed by atoms with Crippen LogP contribution in [0.2, 0.25) is 0 Å². The molecular weight excluding hydrogens is 610 g/mol. The van der Waals surface area contributed by atoms with Crippen molar-refractivity contribution in [2.45, 2.75) is 17.7 Å². The highest BCUT2D eigenvalue weighted by Crippen LogP contribution is 2.57. The second-order valence-electron chi connectivity index (χ2n) is 11.7. The number of imidazole rings is 1. The highest BCUT2D eigenvalue weighted by molar-refractivity contribution is 8.04. The number of hydrogen-bond donors (Lipinski definition) is 0. The molecule has 8 aromatic rings. The summed E-state index contributed by atoms with van der Waals surface area (Å²) in [6.45, 7) is 2.13. The molecule has 0 aliphatic heterocycles. The maximum atomic E-state index is 5.69. The van der Waals surface area contributed by atoms with Crippen molar-refractivity contribution in [3.63, 3.8) is 0 Å². The van der Waals surface area contributed by atoms with Crippen LogP contribution in [0.3, 0.4) is 0 Å². The fourth-order valence-electron chi connectivity index (χ4n) is 6.50. The molecule has 0 atom stereocenters. The lowest BCUT2D eigenvalue weighted by Gasteiger charge is -2.29. The van der Waals surface area contributed by atoms with E-state index in [1.54, 1.807) is 0 Å². The van der Waals surface area contributed by atoms with Crippen LogP contribution < -0.4 is 21.2 Å². The van der Waals surface area contributed by atoms with E-state index in [4.69, 9.17) is 9.97 Å². The van der Waals surface area contributed by atoms with E-state index in [-0.39, 0.29) is 0 Å². The van der Waals surface area contributed by atoms with Gasteiger partial charge in [0, 0.05) is 11.3 Å². The minimum Gasteiger partial charge on any atom is -0.273 e. The number of thioether (sulfide) groups is 1. The fourth-order valence-corrected chi connectivity index (χ4v) is 12.3. The number of rotatable bonds is 8. The van der Waals surface area contributed by atoms with E-state index in [9.17, 15) is 0 Å². The first kappa shape index (κ1) is 29.4. The van der Waals surface area contributed by atoms with Gasteiger partial charge in [-0.3, -0.25) is 4.40 Å². The van der Waals surface area contributed by atoms with Gasteiger partial charge in [0.1, 0.15) is 26.8 Å². The Balaban J connectivity index is 1.57. The Morgan fingerprint density at radius 3 is 1.64 bits per heavy atom. The van der Waals surface area contributed by atoms with Crippen LogP contribution in [0.1, 0.15) is 11.1 Å². The SMILES string of the molecule is Cc1ccc(-c2nc(SCc3ccccc3)c([P+](c3ccccc3)(c3ccccc3)c3ccccc3)c3nc4ccccc4n23)cc1. The second kappa shape index (κ2) is 12.6. The summed E-state index contributed by atoms with van der Waals surface area (Å²) >= 11 is 1.81. The van der Waals surface area contributed by atoms with E-state index in [1.807, 2.05) is 11.8 Å². The molecule has 0 saturated carbocycles.